The van der Waals surface area contributed by atoms with Gasteiger partial charge in [-0.15, -0.1) is 0 Å². The van der Waals surface area contributed by atoms with E-state index < -0.39 is 5.82 Å². The third kappa shape index (κ3) is 3.07. The molecule has 0 fully saturated rings. The zero-order valence-electron chi connectivity index (χ0n) is 11.6. The topological polar surface area (TPSA) is 37.8 Å². The Morgan fingerprint density at radius 2 is 2.05 bits per heavy atom. The average molecular weight is 294 g/mol. The van der Waals surface area contributed by atoms with Crippen LogP contribution in [-0.4, -0.2) is 16.5 Å². The van der Waals surface area contributed by atoms with Crippen molar-refractivity contribution in [1.82, 2.24) is 9.97 Å². The number of hydrogen-bond acceptors (Lipinski definition) is 3. The van der Waals surface area contributed by atoms with Gasteiger partial charge in [0.2, 0.25) is 0 Å². The van der Waals surface area contributed by atoms with Gasteiger partial charge < -0.3 is 5.32 Å². The lowest BCUT2D eigenvalue weighted by Crippen LogP contribution is -2.07. The van der Waals surface area contributed by atoms with Gasteiger partial charge in [0.1, 0.15) is 18.0 Å². The van der Waals surface area contributed by atoms with Gasteiger partial charge in [-0.25, -0.2) is 14.4 Å². The Hall–Kier alpha value is -1.68. The predicted molar refractivity (Wildman–Crippen MR) is 80.6 cm³/mol. The van der Waals surface area contributed by atoms with Crippen molar-refractivity contribution in [3.8, 4) is 11.3 Å². The molecule has 0 spiro atoms. The van der Waals surface area contributed by atoms with Gasteiger partial charge in [-0.05, 0) is 31.0 Å². The highest BCUT2D eigenvalue weighted by Crippen LogP contribution is 2.29. The van der Waals surface area contributed by atoms with Crippen LogP contribution in [0.5, 0.6) is 0 Å². The van der Waals surface area contributed by atoms with Gasteiger partial charge in [0.15, 0.2) is 0 Å². The van der Waals surface area contributed by atoms with Crippen molar-refractivity contribution >= 4 is 17.4 Å². The van der Waals surface area contributed by atoms with Crippen LogP contribution < -0.4 is 5.32 Å². The van der Waals surface area contributed by atoms with Crippen molar-refractivity contribution in [1.29, 1.82) is 0 Å². The number of hydrogen-bond donors (Lipinski definition) is 1. The molecule has 0 unspecified atom stereocenters. The lowest BCUT2D eigenvalue weighted by atomic mass is 10.0. The number of halogens is 2. The first kappa shape index (κ1) is 14.7. The first-order valence-electron chi connectivity index (χ1n) is 6.70. The number of rotatable bonds is 5. The summed E-state index contributed by atoms with van der Waals surface area (Å²) in [6.45, 7) is 5.00. The van der Waals surface area contributed by atoms with Crippen LogP contribution in [0.25, 0.3) is 11.3 Å². The second-order valence-electron chi connectivity index (χ2n) is 4.46. The summed E-state index contributed by atoms with van der Waals surface area (Å²) < 4.78 is 13.3. The fraction of sp³-hybridized carbons (Fsp3) is 0.333. The van der Waals surface area contributed by atoms with E-state index in [1.54, 1.807) is 12.1 Å². The van der Waals surface area contributed by atoms with Gasteiger partial charge in [0, 0.05) is 17.7 Å². The molecule has 0 saturated heterocycles. The maximum absolute atomic E-state index is 13.3. The highest BCUT2D eigenvalue weighted by atomic mass is 35.5. The Morgan fingerprint density at radius 1 is 1.25 bits per heavy atom. The molecule has 0 atom stereocenters. The average Bonchev–Trinajstić information content (AvgIpc) is 2.47. The Morgan fingerprint density at radius 3 is 2.70 bits per heavy atom. The SMILES string of the molecule is CCCNc1ncnc(-c2ccc(F)c(Cl)c2)c1CC. The Bertz CT molecular complexity index is 602. The standard InChI is InChI=1S/C15H17ClFN3/c1-3-7-18-15-11(4-2)14(19-9-20-15)10-5-6-13(17)12(16)8-10/h5-6,8-9H,3-4,7H2,1-2H3,(H,18,19,20). The van der Waals surface area contributed by atoms with Gasteiger partial charge in [0.25, 0.3) is 0 Å². The molecule has 1 heterocycles. The number of nitrogens with one attached hydrogen (secondary N) is 1. The van der Waals surface area contributed by atoms with Crippen LogP contribution in [0.4, 0.5) is 10.2 Å². The molecule has 2 rings (SSSR count). The van der Waals surface area contributed by atoms with Crippen LogP contribution in [0.15, 0.2) is 24.5 Å². The van der Waals surface area contributed by atoms with Crippen molar-refractivity contribution in [3.05, 3.63) is 40.9 Å². The summed E-state index contributed by atoms with van der Waals surface area (Å²) in [5.41, 5.74) is 2.61. The maximum Gasteiger partial charge on any atom is 0.141 e. The molecule has 2 aromatic rings. The van der Waals surface area contributed by atoms with E-state index in [4.69, 9.17) is 11.6 Å². The number of aromatic nitrogens is 2. The molecule has 20 heavy (non-hydrogen) atoms. The lowest BCUT2D eigenvalue weighted by molar-refractivity contribution is 0.628. The van der Waals surface area contributed by atoms with E-state index in [1.165, 1.54) is 12.4 Å². The Labute approximate surface area is 123 Å². The minimum absolute atomic E-state index is 0.103. The molecule has 0 aliphatic heterocycles. The molecule has 1 aromatic heterocycles. The summed E-state index contributed by atoms with van der Waals surface area (Å²) >= 11 is 5.85. The molecule has 3 nitrogen and oxygen atoms in total. The highest BCUT2D eigenvalue weighted by Gasteiger charge is 2.12. The van der Waals surface area contributed by atoms with Crippen molar-refractivity contribution in [2.75, 3.05) is 11.9 Å². The Kier molecular flexibility index (Phi) is 4.90. The normalized spacial score (nSPS) is 10.6. The first-order chi connectivity index (χ1) is 9.67. The molecule has 1 N–H and O–H groups in total. The second kappa shape index (κ2) is 6.66. The maximum atomic E-state index is 13.3. The first-order valence-corrected chi connectivity index (χ1v) is 7.08. The molecule has 5 heteroatoms. The number of nitrogens with zero attached hydrogens (tertiary/aromatic N) is 2. The largest absolute Gasteiger partial charge is 0.370 e. The summed E-state index contributed by atoms with van der Waals surface area (Å²) in [4.78, 5) is 8.61. The quantitative estimate of drug-likeness (QED) is 0.892. The molecule has 0 amide bonds. The van der Waals surface area contributed by atoms with Crippen molar-refractivity contribution in [3.63, 3.8) is 0 Å². The van der Waals surface area contributed by atoms with Crippen molar-refractivity contribution in [2.45, 2.75) is 26.7 Å². The van der Waals surface area contributed by atoms with Crippen molar-refractivity contribution in [2.24, 2.45) is 0 Å². The smallest absolute Gasteiger partial charge is 0.141 e. The van der Waals surface area contributed by atoms with E-state index in [0.717, 1.165) is 42.0 Å². The van der Waals surface area contributed by atoms with Gasteiger partial charge in [-0.2, -0.15) is 0 Å². The molecule has 0 aliphatic carbocycles. The zero-order chi connectivity index (χ0) is 14.5. The summed E-state index contributed by atoms with van der Waals surface area (Å²) in [5, 5.41) is 3.39. The lowest BCUT2D eigenvalue weighted by Gasteiger charge is -2.13. The van der Waals surface area contributed by atoms with E-state index in [1.807, 2.05) is 6.92 Å². The molecule has 1 aromatic carbocycles. The summed E-state index contributed by atoms with van der Waals surface area (Å²) in [6.07, 6.45) is 3.33. The third-order valence-corrected chi connectivity index (χ3v) is 3.32. The monoisotopic (exact) mass is 293 g/mol. The van der Waals surface area contributed by atoms with Crippen LogP contribution in [0.2, 0.25) is 5.02 Å². The van der Waals surface area contributed by atoms with Crippen LogP contribution in [0.3, 0.4) is 0 Å². The molecule has 0 aliphatic rings. The Balaban J connectivity index is 2.47. The molecule has 106 valence electrons. The minimum Gasteiger partial charge on any atom is -0.370 e. The zero-order valence-corrected chi connectivity index (χ0v) is 12.3. The van der Waals surface area contributed by atoms with E-state index in [2.05, 4.69) is 22.2 Å². The van der Waals surface area contributed by atoms with E-state index >= 15 is 0 Å². The second-order valence-corrected chi connectivity index (χ2v) is 4.87. The fourth-order valence-corrected chi connectivity index (χ4v) is 2.22. The predicted octanol–water partition coefficient (Wildman–Crippen LogP) is 4.32. The van der Waals surface area contributed by atoms with Gasteiger partial charge >= 0.3 is 0 Å². The van der Waals surface area contributed by atoms with Gasteiger partial charge in [-0.1, -0.05) is 25.4 Å². The van der Waals surface area contributed by atoms with Gasteiger partial charge in [0.05, 0.1) is 10.7 Å². The molecular formula is C15H17ClFN3. The van der Waals surface area contributed by atoms with Crippen LogP contribution in [0, 0.1) is 5.82 Å². The highest BCUT2D eigenvalue weighted by molar-refractivity contribution is 6.31. The van der Waals surface area contributed by atoms with E-state index in [-0.39, 0.29) is 5.02 Å². The fourth-order valence-electron chi connectivity index (χ4n) is 2.04. The van der Waals surface area contributed by atoms with Crippen LogP contribution in [0.1, 0.15) is 25.8 Å². The molecular weight excluding hydrogens is 277 g/mol. The molecule has 0 radical (unpaired) electrons. The van der Waals surface area contributed by atoms with Crippen molar-refractivity contribution < 1.29 is 4.39 Å². The summed E-state index contributed by atoms with van der Waals surface area (Å²) in [5.74, 6) is 0.409. The summed E-state index contributed by atoms with van der Waals surface area (Å²) in [7, 11) is 0. The van der Waals surface area contributed by atoms with Crippen LogP contribution >= 0.6 is 11.6 Å². The summed E-state index contributed by atoms with van der Waals surface area (Å²) in [6, 6.07) is 4.65. The van der Waals surface area contributed by atoms with E-state index in [9.17, 15) is 4.39 Å². The third-order valence-electron chi connectivity index (χ3n) is 3.03. The minimum atomic E-state index is -0.424. The van der Waals surface area contributed by atoms with E-state index in [0.29, 0.717) is 0 Å². The molecule has 0 saturated carbocycles. The number of benzene rings is 1. The van der Waals surface area contributed by atoms with Gasteiger partial charge in [-0.3, -0.25) is 0 Å². The number of anilines is 1. The molecule has 0 bridgehead atoms. The van der Waals surface area contributed by atoms with Crippen LogP contribution in [-0.2, 0) is 6.42 Å².